The van der Waals surface area contributed by atoms with E-state index >= 15 is 0 Å². The van der Waals surface area contributed by atoms with E-state index in [1.165, 1.54) is 11.9 Å². The van der Waals surface area contributed by atoms with Gasteiger partial charge in [0.2, 0.25) is 0 Å². The van der Waals surface area contributed by atoms with Gasteiger partial charge in [0.05, 0.1) is 9.61 Å². The second-order valence-electron chi connectivity index (χ2n) is 4.39. The lowest BCUT2D eigenvalue weighted by molar-refractivity contribution is 0.303. The quantitative estimate of drug-likeness (QED) is 0.822. The average molecular weight is 369 g/mol. The van der Waals surface area contributed by atoms with Crippen molar-refractivity contribution in [2.45, 2.75) is 19.9 Å². The van der Waals surface area contributed by atoms with Crippen molar-refractivity contribution < 1.29 is 4.74 Å². The largest absolute Gasteiger partial charge is 0.491 e. The summed E-state index contributed by atoms with van der Waals surface area (Å²) in [7, 11) is 0. The summed E-state index contributed by atoms with van der Waals surface area (Å²) in [5, 5.41) is 3.31. The number of rotatable bonds is 5. The Balaban J connectivity index is 1.86. The summed E-state index contributed by atoms with van der Waals surface area (Å²) in [6.07, 6.45) is 3.32. The molecule has 1 heterocycles. The van der Waals surface area contributed by atoms with E-state index in [1.807, 2.05) is 24.3 Å². The Morgan fingerprint density at radius 3 is 2.74 bits per heavy atom. The Labute approximate surface area is 126 Å². The Morgan fingerprint density at radius 2 is 2.05 bits per heavy atom. The molecule has 1 aromatic heterocycles. The molecule has 0 amide bonds. The van der Waals surface area contributed by atoms with Gasteiger partial charge in [0, 0.05) is 6.20 Å². The molecule has 0 bridgehead atoms. The van der Waals surface area contributed by atoms with Crippen molar-refractivity contribution in [1.82, 2.24) is 9.97 Å². The van der Waals surface area contributed by atoms with Gasteiger partial charge in [-0.15, -0.1) is 0 Å². The van der Waals surface area contributed by atoms with Crippen molar-refractivity contribution in [2.75, 3.05) is 11.9 Å². The molecule has 19 heavy (non-hydrogen) atoms. The van der Waals surface area contributed by atoms with Crippen molar-refractivity contribution in [3.8, 4) is 5.75 Å². The Bertz CT molecular complexity index is 530. The Hall–Kier alpha value is -1.37. The molecule has 0 aliphatic rings. The summed E-state index contributed by atoms with van der Waals surface area (Å²) in [6.45, 7) is 4.71. The number of nitrogens with one attached hydrogen (secondary N) is 1. The van der Waals surface area contributed by atoms with Crippen LogP contribution in [0.15, 0.2) is 36.8 Å². The first kappa shape index (κ1) is 14.0. The van der Waals surface area contributed by atoms with Gasteiger partial charge in [-0.05, 0) is 48.6 Å². The van der Waals surface area contributed by atoms with E-state index in [2.05, 4.69) is 51.7 Å². The van der Waals surface area contributed by atoms with Crippen molar-refractivity contribution in [3.63, 3.8) is 0 Å². The van der Waals surface area contributed by atoms with E-state index in [9.17, 15) is 0 Å². The summed E-state index contributed by atoms with van der Waals surface area (Å²) < 4.78 is 6.73. The highest BCUT2D eigenvalue weighted by Gasteiger charge is 2.06. The maximum Gasteiger partial charge on any atom is 0.143 e. The molecule has 1 aromatic carbocycles. The second kappa shape index (κ2) is 6.70. The molecular formula is C14H16IN3O. The molecule has 0 saturated carbocycles. The van der Waals surface area contributed by atoms with Crippen LogP contribution in [0, 0.1) is 10.5 Å². The lowest BCUT2D eigenvalue weighted by atomic mass is 10.2. The van der Waals surface area contributed by atoms with Gasteiger partial charge in [0.1, 0.15) is 24.5 Å². The molecule has 2 rings (SSSR count). The average Bonchev–Trinajstić information content (AvgIpc) is 2.41. The highest BCUT2D eigenvalue weighted by atomic mass is 127. The van der Waals surface area contributed by atoms with Crippen LogP contribution < -0.4 is 10.1 Å². The number of benzene rings is 1. The molecular weight excluding hydrogens is 353 g/mol. The van der Waals surface area contributed by atoms with Gasteiger partial charge in [-0.25, -0.2) is 9.97 Å². The molecule has 2 aromatic rings. The lowest BCUT2D eigenvalue weighted by Crippen LogP contribution is -2.24. The number of hydrogen-bond acceptors (Lipinski definition) is 4. The fraction of sp³-hybridized carbons (Fsp3) is 0.286. The number of anilines is 1. The normalized spacial score (nSPS) is 11.9. The molecule has 0 saturated heterocycles. The van der Waals surface area contributed by atoms with Crippen molar-refractivity contribution in [2.24, 2.45) is 0 Å². The zero-order valence-electron chi connectivity index (χ0n) is 10.9. The molecule has 4 nitrogen and oxygen atoms in total. The summed E-state index contributed by atoms with van der Waals surface area (Å²) in [5.41, 5.74) is 1.23. The number of aryl methyl sites for hydroxylation is 1. The van der Waals surface area contributed by atoms with Crippen LogP contribution in [-0.2, 0) is 0 Å². The van der Waals surface area contributed by atoms with Crippen LogP contribution in [0.5, 0.6) is 5.75 Å². The van der Waals surface area contributed by atoms with Crippen LogP contribution >= 0.6 is 22.6 Å². The number of nitrogens with zero attached hydrogens (tertiary/aromatic N) is 2. The number of halogens is 1. The summed E-state index contributed by atoms with van der Waals surface area (Å²) in [5.74, 6) is 1.73. The first-order valence-electron chi connectivity index (χ1n) is 6.06. The van der Waals surface area contributed by atoms with Crippen molar-refractivity contribution in [3.05, 3.63) is 45.9 Å². The predicted molar refractivity (Wildman–Crippen MR) is 84.5 cm³/mol. The summed E-state index contributed by atoms with van der Waals surface area (Å²) in [4.78, 5) is 8.16. The third kappa shape index (κ3) is 4.34. The second-order valence-corrected chi connectivity index (χ2v) is 5.55. The first-order chi connectivity index (χ1) is 9.15. The molecule has 1 atom stereocenters. The van der Waals surface area contributed by atoms with Gasteiger partial charge >= 0.3 is 0 Å². The molecule has 1 unspecified atom stereocenters. The lowest BCUT2D eigenvalue weighted by Gasteiger charge is -2.16. The van der Waals surface area contributed by atoms with E-state index in [0.29, 0.717) is 6.61 Å². The van der Waals surface area contributed by atoms with E-state index in [-0.39, 0.29) is 6.04 Å². The molecule has 1 N–H and O–H groups in total. The van der Waals surface area contributed by atoms with E-state index < -0.39 is 0 Å². The van der Waals surface area contributed by atoms with E-state index in [4.69, 9.17) is 4.74 Å². The van der Waals surface area contributed by atoms with Crippen LogP contribution in [-0.4, -0.2) is 22.6 Å². The highest BCUT2D eigenvalue weighted by molar-refractivity contribution is 14.1. The highest BCUT2D eigenvalue weighted by Crippen LogP contribution is 2.15. The summed E-state index contributed by atoms with van der Waals surface area (Å²) in [6, 6.07) is 8.22. The molecule has 0 aliphatic heterocycles. The van der Waals surface area contributed by atoms with E-state index in [1.54, 1.807) is 6.20 Å². The predicted octanol–water partition coefficient (Wildman–Crippen LogP) is 3.27. The minimum absolute atomic E-state index is 0.171. The molecule has 0 radical (unpaired) electrons. The molecule has 0 spiro atoms. The van der Waals surface area contributed by atoms with Crippen LogP contribution in [0.2, 0.25) is 0 Å². The SMILES string of the molecule is Cc1ccc(OCC(C)Nc2ncncc2I)cc1. The van der Waals surface area contributed by atoms with Crippen molar-refractivity contribution >= 4 is 28.4 Å². The Morgan fingerprint density at radius 1 is 1.32 bits per heavy atom. The fourth-order valence-corrected chi connectivity index (χ4v) is 2.01. The fourth-order valence-electron chi connectivity index (χ4n) is 1.55. The number of aromatic nitrogens is 2. The van der Waals surface area contributed by atoms with Crippen molar-refractivity contribution in [1.29, 1.82) is 0 Å². The molecule has 0 aliphatic carbocycles. The zero-order valence-corrected chi connectivity index (χ0v) is 13.1. The minimum atomic E-state index is 0.171. The maximum atomic E-state index is 5.73. The van der Waals surface area contributed by atoms with Gasteiger partial charge in [0.25, 0.3) is 0 Å². The topological polar surface area (TPSA) is 47.0 Å². The smallest absolute Gasteiger partial charge is 0.143 e. The van der Waals surface area contributed by atoms with Crippen LogP contribution in [0.3, 0.4) is 0 Å². The third-order valence-electron chi connectivity index (χ3n) is 2.57. The first-order valence-corrected chi connectivity index (χ1v) is 7.14. The monoisotopic (exact) mass is 369 g/mol. The minimum Gasteiger partial charge on any atom is -0.491 e. The van der Waals surface area contributed by atoms with Gasteiger partial charge in [0.15, 0.2) is 0 Å². The number of ether oxygens (including phenoxy) is 1. The van der Waals surface area contributed by atoms with Gasteiger partial charge < -0.3 is 10.1 Å². The summed E-state index contributed by atoms with van der Waals surface area (Å²) >= 11 is 2.21. The van der Waals surface area contributed by atoms with Gasteiger partial charge in [-0.3, -0.25) is 0 Å². The standard InChI is InChI=1S/C14H16IN3O/c1-10-3-5-12(6-4-10)19-8-11(2)18-14-13(15)7-16-9-17-14/h3-7,9,11H,8H2,1-2H3,(H,16,17,18). The number of hydrogen-bond donors (Lipinski definition) is 1. The molecule has 100 valence electrons. The molecule has 5 heteroatoms. The van der Waals surface area contributed by atoms with Crippen LogP contribution in [0.1, 0.15) is 12.5 Å². The van der Waals surface area contributed by atoms with Crippen LogP contribution in [0.25, 0.3) is 0 Å². The molecule has 0 fully saturated rings. The van der Waals surface area contributed by atoms with Gasteiger partial charge in [-0.1, -0.05) is 17.7 Å². The zero-order chi connectivity index (χ0) is 13.7. The Kier molecular flexibility index (Phi) is 4.95. The van der Waals surface area contributed by atoms with Crippen LogP contribution in [0.4, 0.5) is 5.82 Å². The maximum absolute atomic E-state index is 5.73. The van der Waals surface area contributed by atoms with E-state index in [0.717, 1.165) is 15.1 Å². The van der Waals surface area contributed by atoms with Gasteiger partial charge in [-0.2, -0.15) is 0 Å². The third-order valence-corrected chi connectivity index (χ3v) is 3.36.